The first kappa shape index (κ1) is 15.1. The summed E-state index contributed by atoms with van der Waals surface area (Å²) in [7, 11) is -2.18. The number of hydrogen-bond donors (Lipinski definition) is 2. The summed E-state index contributed by atoms with van der Waals surface area (Å²) in [5, 5.41) is 3.13. The molecule has 7 heteroatoms. The maximum Gasteiger partial charge on any atom is 0.273 e. The Hall–Kier alpha value is -1.31. The van der Waals surface area contributed by atoms with E-state index in [9.17, 15) is 8.42 Å². The third kappa shape index (κ3) is 3.41. The van der Waals surface area contributed by atoms with E-state index in [0.29, 0.717) is 12.3 Å². The summed E-state index contributed by atoms with van der Waals surface area (Å²) >= 11 is 3.41. The SMILES string of the molecule is CNS(=O)(=O)c1ccc(CNc2cc(Br)ccc2C)o1. The molecular weight excluding hydrogens is 344 g/mol. The standard InChI is InChI=1S/C13H15BrN2O3S/c1-9-3-4-10(14)7-12(9)16-8-11-5-6-13(19-11)20(17,18)15-2/h3-7,15-16H,8H2,1-2H3. The van der Waals surface area contributed by atoms with Crippen LogP contribution in [-0.4, -0.2) is 15.5 Å². The van der Waals surface area contributed by atoms with Crippen LogP contribution in [0.2, 0.25) is 0 Å². The smallest absolute Gasteiger partial charge is 0.273 e. The van der Waals surface area contributed by atoms with Gasteiger partial charge < -0.3 is 9.73 Å². The average molecular weight is 359 g/mol. The van der Waals surface area contributed by atoms with Crippen molar-refractivity contribution < 1.29 is 12.8 Å². The van der Waals surface area contributed by atoms with Crippen molar-refractivity contribution >= 4 is 31.6 Å². The first-order chi connectivity index (χ1) is 9.42. The van der Waals surface area contributed by atoms with Gasteiger partial charge in [-0.2, -0.15) is 0 Å². The number of nitrogens with one attached hydrogen (secondary N) is 2. The van der Waals surface area contributed by atoms with Gasteiger partial charge in [0.15, 0.2) is 0 Å². The summed E-state index contributed by atoms with van der Waals surface area (Å²) in [6, 6.07) is 9.00. The third-order valence-electron chi connectivity index (χ3n) is 2.82. The van der Waals surface area contributed by atoms with Gasteiger partial charge >= 0.3 is 0 Å². The highest BCUT2D eigenvalue weighted by Gasteiger charge is 2.16. The molecule has 2 rings (SSSR count). The van der Waals surface area contributed by atoms with Crippen LogP contribution < -0.4 is 10.0 Å². The Morgan fingerprint density at radius 2 is 2.00 bits per heavy atom. The molecule has 2 N–H and O–H groups in total. The number of rotatable bonds is 5. The van der Waals surface area contributed by atoms with Gasteiger partial charge in [-0.05, 0) is 43.8 Å². The molecule has 0 saturated carbocycles. The molecule has 1 heterocycles. The van der Waals surface area contributed by atoms with Crippen LogP contribution in [0, 0.1) is 6.92 Å². The third-order valence-corrected chi connectivity index (χ3v) is 4.60. The lowest BCUT2D eigenvalue weighted by Crippen LogP contribution is -2.17. The molecule has 0 saturated heterocycles. The number of aryl methyl sites for hydroxylation is 1. The fourth-order valence-electron chi connectivity index (χ4n) is 1.67. The molecule has 1 aromatic carbocycles. The molecule has 0 fully saturated rings. The van der Waals surface area contributed by atoms with Crippen molar-refractivity contribution in [2.75, 3.05) is 12.4 Å². The van der Waals surface area contributed by atoms with Gasteiger partial charge in [0, 0.05) is 10.2 Å². The highest BCUT2D eigenvalue weighted by atomic mass is 79.9. The fraction of sp³-hybridized carbons (Fsp3) is 0.231. The summed E-state index contributed by atoms with van der Waals surface area (Å²) in [5.74, 6) is 0.554. The summed E-state index contributed by atoms with van der Waals surface area (Å²) < 4.78 is 31.6. The summed E-state index contributed by atoms with van der Waals surface area (Å²) in [6.07, 6.45) is 0. The van der Waals surface area contributed by atoms with Gasteiger partial charge in [0.25, 0.3) is 10.0 Å². The highest BCUT2D eigenvalue weighted by molar-refractivity contribution is 9.10. The number of benzene rings is 1. The van der Waals surface area contributed by atoms with Crippen LogP contribution in [0.15, 0.2) is 44.3 Å². The van der Waals surface area contributed by atoms with Crippen molar-refractivity contribution in [3.05, 3.63) is 46.1 Å². The zero-order valence-electron chi connectivity index (χ0n) is 11.1. The van der Waals surface area contributed by atoms with Crippen molar-refractivity contribution in [2.45, 2.75) is 18.6 Å². The van der Waals surface area contributed by atoms with Gasteiger partial charge in [-0.3, -0.25) is 0 Å². The van der Waals surface area contributed by atoms with Gasteiger partial charge in [0.1, 0.15) is 5.76 Å². The molecule has 5 nitrogen and oxygen atoms in total. The van der Waals surface area contributed by atoms with E-state index in [0.717, 1.165) is 15.7 Å². The monoisotopic (exact) mass is 358 g/mol. The Morgan fingerprint density at radius 1 is 1.25 bits per heavy atom. The minimum absolute atomic E-state index is 0.0808. The van der Waals surface area contributed by atoms with E-state index >= 15 is 0 Å². The lowest BCUT2D eigenvalue weighted by molar-refractivity contribution is 0.417. The van der Waals surface area contributed by atoms with Crippen LogP contribution in [0.4, 0.5) is 5.69 Å². The molecule has 0 amide bonds. The summed E-state index contributed by atoms with van der Waals surface area (Å²) in [4.78, 5) is 0. The molecule has 2 aromatic rings. The number of sulfonamides is 1. The van der Waals surface area contributed by atoms with E-state index in [1.54, 1.807) is 6.07 Å². The van der Waals surface area contributed by atoms with Gasteiger partial charge in [0.2, 0.25) is 5.09 Å². The van der Waals surface area contributed by atoms with E-state index in [4.69, 9.17) is 4.42 Å². The number of halogens is 1. The minimum Gasteiger partial charge on any atom is -0.446 e. The first-order valence-electron chi connectivity index (χ1n) is 5.94. The minimum atomic E-state index is -3.53. The normalized spacial score (nSPS) is 11.6. The molecule has 108 valence electrons. The first-order valence-corrected chi connectivity index (χ1v) is 8.22. The molecule has 0 bridgehead atoms. The van der Waals surface area contributed by atoms with Gasteiger partial charge in [-0.25, -0.2) is 13.1 Å². The summed E-state index contributed by atoms with van der Waals surface area (Å²) in [5.41, 5.74) is 2.07. The second-order valence-corrected chi connectivity index (χ2v) is 6.97. The van der Waals surface area contributed by atoms with E-state index in [-0.39, 0.29) is 5.09 Å². The largest absolute Gasteiger partial charge is 0.446 e. The molecule has 0 radical (unpaired) electrons. The molecule has 1 aromatic heterocycles. The highest BCUT2D eigenvalue weighted by Crippen LogP contribution is 2.22. The van der Waals surface area contributed by atoms with Gasteiger partial charge in [0.05, 0.1) is 6.54 Å². The van der Waals surface area contributed by atoms with Crippen LogP contribution in [0.3, 0.4) is 0 Å². The maximum absolute atomic E-state index is 11.6. The van der Waals surface area contributed by atoms with Gasteiger partial charge in [-0.1, -0.05) is 22.0 Å². The van der Waals surface area contributed by atoms with E-state index < -0.39 is 10.0 Å². The molecule has 0 spiro atoms. The van der Waals surface area contributed by atoms with Crippen molar-refractivity contribution in [1.29, 1.82) is 0 Å². The van der Waals surface area contributed by atoms with Crippen LogP contribution in [0.5, 0.6) is 0 Å². The Bertz CT molecular complexity index is 710. The van der Waals surface area contributed by atoms with Crippen molar-refractivity contribution in [3.63, 3.8) is 0 Å². The van der Waals surface area contributed by atoms with E-state index in [2.05, 4.69) is 26.0 Å². The average Bonchev–Trinajstić information content (AvgIpc) is 2.89. The molecule has 20 heavy (non-hydrogen) atoms. The Balaban J connectivity index is 2.10. The second-order valence-electron chi connectivity index (χ2n) is 4.24. The topological polar surface area (TPSA) is 71.3 Å². The summed E-state index contributed by atoms with van der Waals surface area (Å²) in [6.45, 7) is 2.41. The van der Waals surface area contributed by atoms with Crippen LogP contribution in [0.25, 0.3) is 0 Å². The molecule has 0 aliphatic rings. The number of furan rings is 1. The quantitative estimate of drug-likeness (QED) is 0.861. The van der Waals surface area contributed by atoms with Crippen molar-refractivity contribution in [3.8, 4) is 0 Å². The maximum atomic E-state index is 11.6. The van der Waals surface area contributed by atoms with E-state index in [1.807, 2.05) is 25.1 Å². The number of anilines is 1. The lowest BCUT2D eigenvalue weighted by atomic mass is 10.2. The second kappa shape index (κ2) is 5.99. The predicted octanol–water partition coefficient (Wildman–Crippen LogP) is 2.87. The zero-order chi connectivity index (χ0) is 14.8. The molecule has 0 aliphatic carbocycles. The molecular formula is C13H15BrN2O3S. The molecule has 0 atom stereocenters. The number of hydrogen-bond acceptors (Lipinski definition) is 4. The van der Waals surface area contributed by atoms with Crippen molar-refractivity contribution in [2.24, 2.45) is 0 Å². The van der Waals surface area contributed by atoms with E-state index in [1.165, 1.54) is 13.1 Å². The molecule has 0 unspecified atom stereocenters. The fourth-order valence-corrected chi connectivity index (χ4v) is 2.69. The van der Waals surface area contributed by atoms with Gasteiger partial charge in [-0.15, -0.1) is 0 Å². The lowest BCUT2D eigenvalue weighted by Gasteiger charge is -2.08. The van der Waals surface area contributed by atoms with Crippen molar-refractivity contribution in [1.82, 2.24) is 4.72 Å². The predicted molar refractivity (Wildman–Crippen MR) is 81.2 cm³/mol. The van der Waals surface area contributed by atoms with Crippen LogP contribution >= 0.6 is 15.9 Å². The Morgan fingerprint density at radius 3 is 2.70 bits per heavy atom. The van der Waals surface area contributed by atoms with Crippen LogP contribution in [-0.2, 0) is 16.6 Å². The Labute approximate surface area is 126 Å². The zero-order valence-corrected chi connectivity index (χ0v) is 13.5. The Kier molecular flexibility index (Phi) is 4.52. The molecule has 0 aliphatic heterocycles. The van der Waals surface area contributed by atoms with Crippen LogP contribution in [0.1, 0.15) is 11.3 Å².